The van der Waals surface area contributed by atoms with Gasteiger partial charge in [0, 0.05) is 18.3 Å². The van der Waals surface area contributed by atoms with Gasteiger partial charge in [0.05, 0.1) is 7.11 Å². The van der Waals surface area contributed by atoms with Gasteiger partial charge in [-0.25, -0.2) is 0 Å². The van der Waals surface area contributed by atoms with Crippen LogP contribution in [0.2, 0.25) is 0 Å². The van der Waals surface area contributed by atoms with Crippen LogP contribution in [0.25, 0.3) is 0 Å². The molecule has 4 nitrogen and oxygen atoms in total. The Balaban J connectivity index is 3.12. The van der Waals surface area contributed by atoms with Gasteiger partial charge >= 0.3 is 0 Å². The van der Waals surface area contributed by atoms with Crippen molar-refractivity contribution in [3.8, 4) is 0 Å². The summed E-state index contributed by atoms with van der Waals surface area (Å²) in [4.78, 5) is 10.8. The molecule has 1 unspecified atom stereocenters. The maximum Gasteiger partial charge on any atom is 0.238 e. The lowest BCUT2D eigenvalue weighted by Gasteiger charge is -2.18. The molecule has 0 radical (unpaired) electrons. The smallest absolute Gasteiger partial charge is 0.238 e. The summed E-state index contributed by atoms with van der Waals surface area (Å²) in [6.07, 6.45) is 4.14. The number of hydrogen-bond acceptors (Lipinski definition) is 3. The summed E-state index contributed by atoms with van der Waals surface area (Å²) in [5.74, 6) is 0.886. The summed E-state index contributed by atoms with van der Waals surface area (Å²) >= 11 is 0. The molecule has 1 aliphatic carbocycles. The zero-order chi connectivity index (χ0) is 11.6. The fourth-order valence-corrected chi connectivity index (χ4v) is 2.05. The van der Waals surface area contributed by atoms with Crippen LogP contribution < -0.4 is 0 Å². The molecular formula is C11H17NO3. The fraction of sp³-hybridized carbons (Fsp3) is 0.636. The minimum absolute atomic E-state index is 0.143. The van der Waals surface area contributed by atoms with Gasteiger partial charge in [0.2, 0.25) is 5.54 Å². The van der Waals surface area contributed by atoms with Gasteiger partial charge in [-0.1, -0.05) is 6.92 Å². The van der Waals surface area contributed by atoms with Crippen LogP contribution in [-0.2, 0) is 4.74 Å². The van der Waals surface area contributed by atoms with Gasteiger partial charge in [-0.15, -0.1) is 0 Å². The van der Waals surface area contributed by atoms with Crippen LogP contribution >= 0.6 is 0 Å². The van der Waals surface area contributed by atoms with Gasteiger partial charge in [-0.05, 0) is 30.6 Å². The van der Waals surface area contributed by atoms with Crippen molar-refractivity contribution in [2.24, 2.45) is 5.92 Å². The lowest BCUT2D eigenvalue weighted by atomic mass is 9.91. The van der Waals surface area contributed by atoms with Gasteiger partial charge in [0.15, 0.2) is 0 Å². The van der Waals surface area contributed by atoms with Crippen molar-refractivity contribution in [3.05, 3.63) is 33.6 Å². The third kappa shape index (κ3) is 2.37. The van der Waals surface area contributed by atoms with Crippen molar-refractivity contribution in [2.45, 2.75) is 32.7 Å². The molecule has 0 aromatic rings. The molecule has 0 saturated carbocycles. The Morgan fingerprint density at radius 1 is 1.67 bits per heavy atom. The molecule has 0 spiro atoms. The average molecular weight is 211 g/mol. The summed E-state index contributed by atoms with van der Waals surface area (Å²) < 4.78 is 5.20. The van der Waals surface area contributed by atoms with E-state index in [4.69, 9.17) is 4.74 Å². The first-order valence-electron chi connectivity index (χ1n) is 4.99. The molecule has 2 atom stereocenters. The van der Waals surface area contributed by atoms with E-state index < -0.39 is 5.54 Å². The first-order chi connectivity index (χ1) is 6.89. The quantitative estimate of drug-likeness (QED) is 0.521. The Hall–Kier alpha value is -1.32. The molecule has 0 heterocycles. The van der Waals surface area contributed by atoms with Gasteiger partial charge in [-0.2, -0.15) is 0 Å². The second-order valence-electron chi connectivity index (χ2n) is 4.36. The molecule has 1 rings (SSSR count). The van der Waals surface area contributed by atoms with E-state index in [2.05, 4.69) is 0 Å². The third-order valence-electron chi connectivity index (χ3n) is 2.72. The standard InChI is InChI=1S/C11H17NO3/c1-8-5-10(15-4)9(2)7-11(3,6-8)12(13)14/h5,7-8H,6H2,1-4H3/t8-,11?/m0/s1. The fourth-order valence-electron chi connectivity index (χ4n) is 2.05. The Morgan fingerprint density at radius 2 is 2.27 bits per heavy atom. The van der Waals surface area contributed by atoms with Crippen molar-refractivity contribution in [2.75, 3.05) is 7.11 Å². The van der Waals surface area contributed by atoms with Crippen molar-refractivity contribution in [1.29, 1.82) is 0 Å². The van der Waals surface area contributed by atoms with E-state index in [9.17, 15) is 10.1 Å². The molecule has 84 valence electrons. The minimum atomic E-state index is -0.986. The summed E-state index contributed by atoms with van der Waals surface area (Å²) in [7, 11) is 1.59. The summed E-state index contributed by atoms with van der Waals surface area (Å²) in [5, 5.41) is 11.0. The average Bonchev–Trinajstić information content (AvgIpc) is 2.23. The SMILES string of the molecule is COC1=C[C@H](C)CC(C)([N+](=O)[O-])C=C1C. The second kappa shape index (κ2) is 4.04. The number of nitro groups is 1. The molecule has 0 bridgehead atoms. The number of methoxy groups -OCH3 is 1. The van der Waals surface area contributed by atoms with Crippen LogP contribution in [0.1, 0.15) is 27.2 Å². The molecule has 0 aliphatic heterocycles. The van der Waals surface area contributed by atoms with E-state index in [0.717, 1.165) is 11.3 Å². The first-order valence-corrected chi connectivity index (χ1v) is 4.99. The van der Waals surface area contributed by atoms with E-state index in [1.807, 2.05) is 19.9 Å². The number of ether oxygens (including phenoxy) is 1. The highest BCUT2D eigenvalue weighted by molar-refractivity contribution is 5.29. The third-order valence-corrected chi connectivity index (χ3v) is 2.72. The molecule has 0 saturated heterocycles. The van der Waals surface area contributed by atoms with Crippen molar-refractivity contribution >= 4 is 0 Å². The first kappa shape index (κ1) is 11.8. The summed E-state index contributed by atoms with van der Waals surface area (Å²) in [6, 6.07) is 0. The number of hydrogen-bond donors (Lipinski definition) is 0. The normalized spacial score (nSPS) is 31.3. The van der Waals surface area contributed by atoms with Crippen molar-refractivity contribution in [3.63, 3.8) is 0 Å². The van der Waals surface area contributed by atoms with E-state index in [1.165, 1.54) is 0 Å². The zero-order valence-corrected chi connectivity index (χ0v) is 9.61. The Kier molecular flexibility index (Phi) is 3.17. The maximum absolute atomic E-state index is 11.0. The molecule has 15 heavy (non-hydrogen) atoms. The van der Waals surface area contributed by atoms with Gasteiger partial charge in [-0.3, -0.25) is 10.1 Å². The highest BCUT2D eigenvalue weighted by Gasteiger charge is 2.38. The molecule has 1 aliphatic rings. The lowest BCUT2D eigenvalue weighted by molar-refractivity contribution is -0.552. The largest absolute Gasteiger partial charge is 0.497 e. The minimum Gasteiger partial charge on any atom is -0.497 e. The molecule has 0 aromatic heterocycles. The Morgan fingerprint density at radius 3 is 2.73 bits per heavy atom. The van der Waals surface area contributed by atoms with E-state index in [0.29, 0.717) is 6.42 Å². The van der Waals surface area contributed by atoms with Gasteiger partial charge in [0.25, 0.3) is 0 Å². The highest BCUT2D eigenvalue weighted by Crippen LogP contribution is 2.30. The van der Waals surface area contributed by atoms with Crippen LogP contribution in [0.15, 0.2) is 23.5 Å². The van der Waals surface area contributed by atoms with E-state index in [-0.39, 0.29) is 10.8 Å². The van der Waals surface area contributed by atoms with Gasteiger partial charge in [0.1, 0.15) is 5.76 Å². The van der Waals surface area contributed by atoms with E-state index in [1.54, 1.807) is 20.1 Å². The Labute approximate surface area is 89.8 Å². The van der Waals surface area contributed by atoms with Crippen LogP contribution in [-0.4, -0.2) is 17.6 Å². The molecule has 4 heteroatoms. The maximum atomic E-state index is 11.0. The number of allylic oxidation sites excluding steroid dienone is 2. The van der Waals surface area contributed by atoms with Crippen LogP contribution in [0.5, 0.6) is 0 Å². The highest BCUT2D eigenvalue weighted by atomic mass is 16.6. The summed E-state index contributed by atoms with van der Waals surface area (Å²) in [6.45, 7) is 5.46. The van der Waals surface area contributed by atoms with Crippen LogP contribution in [0, 0.1) is 16.0 Å². The zero-order valence-electron chi connectivity index (χ0n) is 9.61. The topological polar surface area (TPSA) is 52.4 Å². The van der Waals surface area contributed by atoms with E-state index >= 15 is 0 Å². The van der Waals surface area contributed by atoms with Crippen LogP contribution in [0.3, 0.4) is 0 Å². The second-order valence-corrected chi connectivity index (χ2v) is 4.36. The molecule has 0 aromatic carbocycles. The monoisotopic (exact) mass is 211 g/mol. The molecule has 0 fully saturated rings. The summed E-state index contributed by atoms with van der Waals surface area (Å²) in [5.41, 5.74) is -0.152. The van der Waals surface area contributed by atoms with Crippen molar-refractivity contribution < 1.29 is 9.66 Å². The molecule has 0 N–H and O–H groups in total. The lowest BCUT2D eigenvalue weighted by Crippen LogP contribution is -2.33. The Bertz CT molecular complexity index is 333. The number of rotatable bonds is 2. The predicted molar refractivity (Wildman–Crippen MR) is 58.0 cm³/mol. The predicted octanol–water partition coefficient (Wildman–Crippen LogP) is 2.54. The number of nitrogens with zero attached hydrogens (tertiary/aromatic N) is 1. The van der Waals surface area contributed by atoms with Gasteiger partial charge < -0.3 is 4.74 Å². The molecular weight excluding hydrogens is 194 g/mol. The molecule has 0 amide bonds. The van der Waals surface area contributed by atoms with Crippen molar-refractivity contribution in [1.82, 2.24) is 0 Å². The van der Waals surface area contributed by atoms with Crippen LogP contribution in [0.4, 0.5) is 0 Å².